The Morgan fingerprint density at radius 1 is 1.23 bits per heavy atom. The van der Waals surface area contributed by atoms with E-state index >= 15 is 0 Å². The van der Waals surface area contributed by atoms with E-state index in [9.17, 15) is 14.4 Å². The number of fused-ring (bicyclic) bond motifs is 2. The minimum Gasteiger partial charge on any atom is -0.300 e. The third kappa shape index (κ3) is 2.92. The topological polar surface area (TPSA) is 79.4 Å². The fraction of sp³-hybridized carbons (Fsp3) is 0.368. The smallest absolute Gasteiger partial charge is 0.246 e. The number of thiazole rings is 1. The number of amides is 3. The van der Waals surface area contributed by atoms with Crippen LogP contribution in [0.3, 0.4) is 0 Å². The van der Waals surface area contributed by atoms with Gasteiger partial charge in [0.15, 0.2) is 5.13 Å². The Labute approximate surface area is 154 Å². The van der Waals surface area contributed by atoms with Gasteiger partial charge >= 0.3 is 0 Å². The number of hydrogen-bond acceptors (Lipinski definition) is 5. The average molecular weight is 369 g/mol. The van der Waals surface area contributed by atoms with Crippen molar-refractivity contribution in [1.82, 2.24) is 9.88 Å². The summed E-state index contributed by atoms with van der Waals surface area (Å²) in [6.07, 6.45) is 5.95. The third-order valence-corrected chi connectivity index (χ3v) is 5.94. The molecule has 0 bridgehead atoms. The molecule has 0 spiro atoms. The molecule has 26 heavy (non-hydrogen) atoms. The lowest BCUT2D eigenvalue weighted by molar-refractivity contribution is -0.142. The van der Waals surface area contributed by atoms with Crippen LogP contribution in [0.5, 0.6) is 0 Å². The summed E-state index contributed by atoms with van der Waals surface area (Å²) in [5, 5.41) is 3.21. The van der Waals surface area contributed by atoms with Gasteiger partial charge in [0, 0.05) is 0 Å². The number of rotatable bonds is 4. The zero-order valence-corrected chi connectivity index (χ0v) is 15.2. The first-order valence-corrected chi connectivity index (χ1v) is 9.58. The largest absolute Gasteiger partial charge is 0.300 e. The molecule has 0 unspecified atom stereocenters. The van der Waals surface area contributed by atoms with Gasteiger partial charge in [-0.2, -0.15) is 0 Å². The average Bonchev–Trinajstić information content (AvgIpc) is 3.15. The fourth-order valence-corrected chi connectivity index (χ4v) is 4.52. The molecule has 1 aromatic carbocycles. The summed E-state index contributed by atoms with van der Waals surface area (Å²) in [5.74, 6) is -1.49. The molecule has 6 nitrogen and oxygen atoms in total. The van der Waals surface area contributed by atoms with Crippen molar-refractivity contribution in [3.05, 3.63) is 35.9 Å². The molecule has 1 fully saturated rings. The van der Waals surface area contributed by atoms with Crippen molar-refractivity contribution in [1.29, 1.82) is 0 Å². The SMILES string of the molecule is CCc1ccc2nc(NC(=O)CN3C(=O)[C@@H]4CC=CC[C@H]4C3=O)sc2c1. The highest BCUT2D eigenvalue weighted by Crippen LogP contribution is 2.35. The lowest BCUT2D eigenvalue weighted by atomic mass is 9.85. The van der Waals surface area contributed by atoms with Gasteiger partial charge in [-0.25, -0.2) is 4.98 Å². The molecule has 1 aliphatic carbocycles. The Hall–Kier alpha value is -2.54. The van der Waals surface area contributed by atoms with Crippen LogP contribution in [0.2, 0.25) is 0 Å². The van der Waals surface area contributed by atoms with Crippen LogP contribution in [0.15, 0.2) is 30.4 Å². The second-order valence-corrected chi connectivity index (χ2v) is 7.67. The molecule has 7 heteroatoms. The number of imide groups is 1. The molecule has 0 saturated carbocycles. The standard InChI is InChI=1S/C19H19N3O3S/c1-2-11-7-8-14-15(9-11)26-19(20-14)21-16(23)10-22-17(24)12-5-3-4-6-13(12)18(22)25/h3-4,7-9,12-13H,2,5-6,10H2,1H3,(H,20,21,23)/t12-,13-/m1/s1. The predicted octanol–water partition coefficient (Wildman–Crippen LogP) is 2.75. The highest BCUT2D eigenvalue weighted by molar-refractivity contribution is 7.22. The molecule has 1 N–H and O–H groups in total. The van der Waals surface area contributed by atoms with Crippen LogP contribution >= 0.6 is 11.3 Å². The van der Waals surface area contributed by atoms with Crippen LogP contribution in [0, 0.1) is 11.8 Å². The quantitative estimate of drug-likeness (QED) is 0.664. The van der Waals surface area contributed by atoms with Gasteiger partial charge in [-0.3, -0.25) is 19.3 Å². The summed E-state index contributed by atoms with van der Waals surface area (Å²) in [7, 11) is 0. The predicted molar refractivity (Wildman–Crippen MR) is 99.7 cm³/mol. The highest BCUT2D eigenvalue weighted by atomic mass is 32.1. The molecule has 1 aliphatic heterocycles. The number of hydrogen-bond donors (Lipinski definition) is 1. The van der Waals surface area contributed by atoms with E-state index in [1.165, 1.54) is 16.9 Å². The number of anilines is 1. The van der Waals surface area contributed by atoms with Gasteiger partial charge in [0.2, 0.25) is 17.7 Å². The van der Waals surface area contributed by atoms with E-state index in [4.69, 9.17) is 0 Å². The number of nitrogens with zero attached hydrogens (tertiary/aromatic N) is 2. The maximum atomic E-state index is 12.4. The maximum Gasteiger partial charge on any atom is 0.246 e. The molecule has 1 saturated heterocycles. The lowest BCUT2D eigenvalue weighted by Gasteiger charge is -2.14. The number of likely N-dealkylation sites (tertiary alicyclic amines) is 1. The Morgan fingerprint density at radius 3 is 2.58 bits per heavy atom. The zero-order valence-electron chi connectivity index (χ0n) is 14.4. The van der Waals surface area contributed by atoms with E-state index in [1.54, 1.807) is 0 Å². The lowest BCUT2D eigenvalue weighted by Crippen LogP contribution is -2.38. The summed E-state index contributed by atoms with van der Waals surface area (Å²) in [6, 6.07) is 6.02. The molecule has 1 aromatic heterocycles. The van der Waals surface area contributed by atoms with Crippen LogP contribution in [-0.4, -0.2) is 34.2 Å². The molecule has 0 radical (unpaired) electrons. The number of aryl methyl sites for hydroxylation is 1. The van der Waals surface area contributed by atoms with E-state index in [0.29, 0.717) is 18.0 Å². The van der Waals surface area contributed by atoms with Gasteiger partial charge in [0.05, 0.1) is 22.1 Å². The zero-order chi connectivity index (χ0) is 18.3. The second-order valence-electron chi connectivity index (χ2n) is 6.64. The Kier molecular flexibility index (Phi) is 4.32. The van der Waals surface area contributed by atoms with Crippen molar-refractivity contribution >= 4 is 44.4 Å². The van der Waals surface area contributed by atoms with E-state index in [0.717, 1.165) is 21.5 Å². The first kappa shape index (κ1) is 16.9. The van der Waals surface area contributed by atoms with E-state index < -0.39 is 5.91 Å². The minimum absolute atomic E-state index is 0.239. The van der Waals surface area contributed by atoms with E-state index in [1.807, 2.05) is 24.3 Å². The Balaban J connectivity index is 1.46. The summed E-state index contributed by atoms with van der Waals surface area (Å²) >= 11 is 1.39. The van der Waals surface area contributed by atoms with Crippen molar-refractivity contribution in [2.45, 2.75) is 26.2 Å². The van der Waals surface area contributed by atoms with E-state index in [-0.39, 0.29) is 30.2 Å². The van der Waals surface area contributed by atoms with Gasteiger partial charge in [-0.1, -0.05) is 36.5 Å². The van der Waals surface area contributed by atoms with Crippen LogP contribution in [-0.2, 0) is 20.8 Å². The summed E-state index contributed by atoms with van der Waals surface area (Å²) < 4.78 is 1.00. The van der Waals surface area contributed by atoms with Gasteiger partial charge in [0.25, 0.3) is 0 Å². The Morgan fingerprint density at radius 2 is 1.92 bits per heavy atom. The third-order valence-electron chi connectivity index (χ3n) is 5.01. The first-order valence-electron chi connectivity index (χ1n) is 8.76. The van der Waals surface area contributed by atoms with Gasteiger partial charge in [-0.15, -0.1) is 0 Å². The summed E-state index contributed by atoms with van der Waals surface area (Å²) in [5.41, 5.74) is 2.04. The van der Waals surface area contributed by atoms with Gasteiger partial charge in [-0.05, 0) is 37.0 Å². The van der Waals surface area contributed by atoms with Crippen LogP contribution in [0.1, 0.15) is 25.3 Å². The number of nitrogens with one attached hydrogen (secondary N) is 1. The number of benzene rings is 1. The monoisotopic (exact) mass is 369 g/mol. The number of carbonyl (C=O) groups excluding carboxylic acids is 3. The number of allylic oxidation sites excluding steroid dienone is 2. The van der Waals surface area contributed by atoms with Crippen molar-refractivity contribution in [3.63, 3.8) is 0 Å². The molecule has 2 heterocycles. The molecule has 2 aliphatic rings. The summed E-state index contributed by atoms with van der Waals surface area (Å²) in [4.78, 5) is 42.7. The molecule has 134 valence electrons. The Bertz CT molecular complexity index is 907. The van der Waals surface area contributed by atoms with Crippen LogP contribution in [0.25, 0.3) is 10.2 Å². The van der Waals surface area contributed by atoms with Crippen molar-refractivity contribution in [2.24, 2.45) is 11.8 Å². The second kappa shape index (κ2) is 6.64. The molecular formula is C19H19N3O3S. The van der Waals surface area contributed by atoms with Crippen molar-refractivity contribution in [2.75, 3.05) is 11.9 Å². The fourth-order valence-electron chi connectivity index (χ4n) is 3.57. The molecule has 3 amide bonds. The van der Waals surface area contributed by atoms with Gasteiger partial charge < -0.3 is 5.32 Å². The van der Waals surface area contributed by atoms with Crippen LogP contribution in [0.4, 0.5) is 5.13 Å². The molecule has 2 aromatic rings. The van der Waals surface area contributed by atoms with Gasteiger partial charge in [0.1, 0.15) is 6.54 Å². The number of aromatic nitrogens is 1. The normalized spacial score (nSPS) is 22.1. The van der Waals surface area contributed by atoms with E-state index in [2.05, 4.69) is 23.3 Å². The highest BCUT2D eigenvalue weighted by Gasteiger charge is 2.47. The molecule has 4 rings (SSSR count). The summed E-state index contributed by atoms with van der Waals surface area (Å²) in [6.45, 7) is 1.84. The molecular weight excluding hydrogens is 350 g/mol. The first-order chi connectivity index (χ1) is 12.6. The van der Waals surface area contributed by atoms with Crippen molar-refractivity contribution < 1.29 is 14.4 Å². The minimum atomic E-state index is -0.395. The number of carbonyl (C=O) groups is 3. The maximum absolute atomic E-state index is 12.4. The molecule has 2 atom stereocenters. The van der Waals surface area contributed by atoms with Crippen LogP contribution < -0.4 is 5.32 Å². The van der Waals surface area contributed by atoms with Crippen molar-refractivity contribution in [3.8, 4) is 0 Å².